The monoisotopic (exact) mass is 567 g/mol. The molecule has 2 aromatic rings. The molecule has 0 aromatic carbocycles. The van der Waals surface area contributed by atoms with Crippen molar-refractivity contribution in [2.75, 3.05) is 39.9 Å². The molecule has 0 spiro atoms. The first-order chi connectivity index (χ1) is 20.3. The largest absolute Gasteiger partial charge is 0.418 e. The number of piperidine rings is 1. The van der Waals surface area contributed by atoms with Gasteiger partial charge in [-0.3, -0.25) is 18.8 Å². The van der Waals surface area contributed by atoms with E-state index < -0.39 is 30.6 Å². The van der Waals surface area contributed by atoms with E-state index in [1.165, 1.54) is 26.1 Å². The van der Waals surface area contributed by atoms with Crippen LogP contribution in [0.15, 0.2) is 23.3 Å². The van der Waals surface area contributed by atoms with Crippen LogP contribution in [0.1, 0.15) is 86.1 Å². The summed E-state index contributed by atoms with van der Waals surface area (Å²) in [7, 11) is 0. The van der Waals surface area contributed by atoms with Crippen LogP contribution in [0.4, 0.5) is 13.2 Å². The van der Waals surface area contributed by atoms with Crippen LogP contribution in [-0.2, 0) is 10.9 Å². The van der Waals surface area contributed by atoms with Gasteiger partial charge in [0, 0.05) is 40.5 Å². The number of ether oxygens (including phenoxy) is 1. The molecule has 6 rings (SSSR count). The van der Waals surface area contributed by atoms with Gasteiger partial charge in [0.05, 0.1) is 37.1 Å². The number of aromatic nitrogens is 2. The van der Waals surface area contributed by atoms with Crippen LogP contribution < -0.4 is 16.5 Å². The molecule has 1 saturated carbocycles. The number of fused-ring (bicyclic) bond motifs is 1. The van der Waals surface area contributed by atoms with Crippen LogP contribution in [0.3, 0.4) is 0 Å². The molecule has 8 nitrogen and oxygen atoms in total. The molecule has 222 valence electrons. The van der Waals surface area contributed by atoms with Crippen molar-refractivity contribution in [3.63, 3.8) is 0 Å². The van der Waals surface area contributed by atoms with E-state index in [0.29, 0.717) is 44.0 Å². The summed E-state index contributed by atoms with van der Waals surface area (Å²) >= 11 is 0. The van der Waals surface area contributed by atoms with Crippen molar-refractivity contribution >= 4 is 5.52 Å². The van der Waals surface area contributed by atoms with E-state index >= 15 is 0 Å². The summed E-state index contributed by atoms with van der Waals surface area (Å²) in [5.41, 5.74) is 4.94. The van der Waals surface area contributed by atoms with Crippen LogP contribution in [0.25, 0.3) is 5.52 Å². The molecule has 2 aromatic heterocycles. The van der Waals surface area contributed by atoms with Gasteiger partial charge in [0.25, 0.3) is 0 Å². The highest BCUT2D eigenvalue weighted by Crippen LogP contribution is 2.49. The van der Waals surface area contributed by atoms with Crippen molar-refractivity contribution in [3.8, 4) is 0 Å². The molecule has 2 N–H and O–H groups in total. The Hall–Kier alpha value is -1.92. The van der Waals surface area contributed by atoms with Gasteiger partial charge in [-0.15, -0.1) is 0 Å². The Bertz CT molecular complexity index is 1370. The quantitative estimate of drug-likeness (QED) is 0.541. The zero-order valence-corrected chi connectivity index (χ0v) is 23.3. The van der Waals surface area contributed by atoms with Crippen LogP contribution >= 0.6 is 0 Å². The second kappa shape index (κ2) is 10.7. The van der Waals surface area contributed by atoms with E-state index in [1.807, 2.05) is 6.92 Å². The van der Waals surface area contributed by atoms with E-state index in [4.69, 9.17) is 8.85 Å². The number of likely N-dealkylation sites (tertiary alicyclic amines) is 1. The molecule has 3 aliphatic heterocycles. The molecule has 1 aliphatic carbocycles. The van der Waals surface area contributed by atoms with Gasteiger partial charge in [0.1, 0.15) is 0 Å². The normalized spacial score (nSPS) is 32.4. The zero-order valence-electron chi connectivity index (χ0n) is 26.3. The Balaban J connectivity index is 1.29. The van der Waals surface area contributed by atoms with E-state index in [1.54, 1.807) is 6.20 Å². The number of nitrogens with zero attached hydrogens (tertiary/aromatic N) is 4. The van der Waals surface area contributed by atoms with E-state index in [9.17, 15) is 18.0 Å². The lowest BCUT2D eigenvalue weighted by Gasteiger charge is -2.51. The summed E-state index contributed by atoms with van der Waals surface area (Å²) in [5.74, 6) is 0.626. The molecule has 11 heteroatoms. The summed E-state index contributed by atoms with van der Waals surface area (Å²) in [4.78, 5) is 17.5. The molecule has 5 heterocycles. The third-order valence-electron chi connectivity index (χ3n) is 10.0. The SMILES string of the molecule is [2H]C([2H])([2H])N1CNNC1CC1(C2CCCC(n3cc4c(C(F)(F)F)cc([C@H](C)N5CCC[C@H](C)C5)cn4c3=O)C2)COC1. The Morgan fingerprint density at radius 2 is 2.05 bits per heavy atom. The number of hydrazine groups is 1. The standard InChI is InChI=1S/C29H43F3N6O2/c1-19-6-5-9-36(13-19)20(2)21-10-24(29(30,31)32)25-15-37(27(39)38(25)14-21)23-8-4-7-22(11-23)28(16-40-17-28)12-26-34-33-18-35(26)3/h10,14-15,19-20,22-23,26,33-34H,4-9,11-13,16-18H2,1-3H3/t19-,20-,22?,23?,26?/m0/s1/i3D3. The minimum absolute atomic E-state index is 0.112. The van der Waals surface area contributed by atoms with Gasteiger partial charge < -0.3 is 4.74 Å². The molecule has 0 bridgehead atoms. The summed E-state index contributed by atoms with van der Waals surface area (Å²) in [6.45, 7) is 4.69. The number of alkyl halides is 3. The fourth-order valence-corrected chi connectivity index (χ4v) is 7.57. The maximum atomic E-state index is 14.4. The third-order valence-corrected chi connectivity index (χ3v) is 10.0. The van der Waals surface area contributed by atoms with Crippen molar-refractivity contribution < 1.29 is 22.0 Å². The van der Waals surface area contributed by atoms with Gasteiger partial charge in [-0.25, -0.2) is 15.6 Å². The van der Waals surface area contributed by atoms with E-state index in [0.717, 1.165) is 38.8 Å². The predicted molar refractivity (Wildman–Crippen MR) is 147 cm³/mol. The second-order valence-electron chi connectivity index (χ2n) is 12.7. The average molecular weight is 568 g/mol. The van der Waals surface area contributed by atoms with Gasteiger partial charge in [-0.2, -0.15) is 13.2 Å². The summed E-state index contributed by atoms with van der Waals surface area (Å²) in [6.07, 6.45) is 3.76. The minimum atomic E-state index is -4.60. The Morgan fingerprint density at radius 3 is 2.75 bits per heavy atom. The molecule has 3 saturated heterocycles. The van der Waals surface area contributed by atoms with Gasteiger partial charge >= 0.3 is 11.9 Å². The first kappa shape index (κ1) is 24.7. The van der Waals surface area contributed by atoms with Crippen LogP contribution in [0, 0.1) is 17.3 Å². The highest BCUT2D eigenvalue weighted by atomic mass is 19.4. The molecule has 40 heavy (non-hydrogen) atoms. The molecule has 5 atom stereocenters. The average Bonchev–Trinajstić information content (AvgIpc) is 3.54. The Morgan fingerprint density at radius 1 is 1.23 bits per heavy atom. The minimum Gasteiger partial charge on any atom is -0.380 e. The molecule has 0 amide bonds. The number of hydrogen-bond donors (Lipinski definition) is 2. The lowest BCUT2D eigenvalue weighted by atomic mass is 9.64. The number of rotatable bonds is 6. The molecule has 3 unspecified atom stereocenters. The van der Waals surface area contributed by atoms with Crippen molar-refractivity contribution in [1.82, 2.24) is 29.6 Å². The first-order valence-corrected chi connectivity index (χ1v) is 14.7. The van der Waals surface area contributed by atoms with Crippen LogP contribution in [-0.4, -0.2) is 64.9 Å². The highest BCUT2D eigenvalue weighted by molar-refractivity contribution is 5.56. The van der Waals surface area contributed by atoms with Gasteiger partial charge in [0.15, 0.2) is 0 Å². The molecule has 4 fully saturated rings. The first-order valence-electron chi connectivity index (χ1n) is 16.2. The number of nitrogens with one attached hydrogen (secondary N) is 2. The third kappa shape index (κ3) is 5.12. The lowest BCUT2D eigenvalue weighted by molar-refractivity contribution is -0.167. The highest BCUT2D eigenvalue weighted by Gasteiger charge is 2.49. The van der Waals surface area contributed by atoms with Crippen molar-refractivity contribution in [1.29, 1.82) is 0 Å². The fraction of sp³-hybridized carbons (Fsp3) is 0.759. The van der Waals surface area contributed by atoms with Crippen molar-refractivity contribution in [2.24, 2.45) is 17.3 Å². The lowest BCUT2D eigenvalue weighted by Crippen LogP contribution is -2.54. The maximum Gasteiger partial charge on any atom is 0.418 e. The molecular formula is C29H43F3N6O2. The van der Waals surface area contributed by atoms with Crippen LogP contribution in [0.5, 0.6) is 0 Å². The summed E-state index contributed by atoms with van der Waals surface area (Å²) < 4.78 is 75.4. The van der Waals surface area contributed by atoms with Crippen molar-refractivity contribution in [2.45, 2.75) is 83.2 Å². The molecule has 0 radical (unpaired) electrons. The van der Waals surface area contributed by atoms with Gasteiger partial charge in [-0.05, 0) is 82.4 Å². The smallest absolute Gasteiger partial charge is 0.380 e. The van der Waals surface area contributed by atoms with E-state index in [-0.39, 0.29) is 35.6 Å². The Labute approximate surface area is 238 Å². The second-order valence-corrected chi connectivity index (χ2v) is 12.7. The maximum absolute atomic E-state index is 14.4. The number of pyridine rings is 1. The Kier molecular flexibility index (Phi) is 6.61. The topological polar surface area (TPSA) is 66.2 Å². The summed E-state index contributed by atoms with van der Waals surface area (Å²) in [5, 5.41) is 0. The van der Waals surface area contributed by atoms with Crippen molar-refractivity contribution in [3.05, 3.63) is 40.1 Å². The molecular weight excluding hydrogens is 521 g/mol. The fourth-order valence-electron chi connectivity index (χ4n) is 7.57. The zero-order chi connectivity index (χ0) is 30.7. The number of imidazole rings is 1. The molecule has 4 aliphatic rings. The van der Waals surface area contributed by atoms with Gasteiger partial charge in [-0.1, -0.05) is 13.3 Å². The van der Waals surface area contributed by atoms with Gasteiger partial charge in [0.2, 0.25) is 0 Å². The number of hydrogen-bond acceptors (Lipinski definition) is 6. The predicted octanol–water partition coefficient (Wildman–Crippen LogP) is 4.37. The summed E-state index contributed by atoms with van der Waals surface area (Å²) in [6, 6.07) is 0.739. The van der Waals surface area contributed by atoms with E-state index in [2.05, 4.69) is 22.7 Å². The van der Waals surface area contributed by atoms with Crippen LogP contribution in [0.2, 0.25) is 0 Å². The number of halogens is 3.